The Labute approximate surface area is 162 Å². The van der Waals surface area contributed by atoms with Crippen molar-refractivity contribution in [1.29, 1.82) is 0 Å². The summed E-state index contributed by atoms with van der Waals surface area (Å²) in [5.74, 6) is -1.33. The van der Waals surface area contributed by atoms with Crippen LogP contribution in [-0.4, -0.2) is 30.5 Å². The number of nitrogens with zero attached hydrogens (tertiary/aromatic N) is 1. The SMILES string of the molecule is COc1ccc(C(=O)OCC(=O)Nc2ccc(C(C)(C)C)cc2)cc1[N+](=O)[O-]. The predicted octanol–water partition coefficient (Wildman–Crippen LogP) is 3.70. The zero-order chi connectivity index (χ0) is 20.9. The Morgan fingerprint density at radius 3 is 2.29 bits per heavy atom. The van der Waals surface area contributed by atoms with E-state index in [4.69, 9.17) is 9.47 Å². The van der Waals surface area contributed by atoms with Crippen molar-refractivity contribution < 1.29 is 24.0 Å². The lowest BCUT2D eigenvalue weighted by Crippen LogP contribution is -2.21. The third-order valence-corrected chi connectivity index (χ3v) is 3.98. The maximum Gasteiger partial charge on any atom is 0.338 e. The van der Waals surface area contributed by atoms with Gasteiger partial charge in [0.05, 0.1) is 17.6 Å². The van der Waals surface area contributed by atoms with Crippen LogP contribution in [0.1, 0.15) is 36.7 Å². The maximum absolute atomic E-state index is 12.1. The number of esters is 1. The number of nitro groups is 1. The monoisotopic (exact) mass is 386 g/mol. The second kappa shape index (κ2) is 8.51. The van der Waals surface area contributed by atoms with E-state index in [1.807, 2.05) is 12.1 Å². The molecule has 8 nitrogen and oxygen atoms in total. The lowest BCUT2D eigenvalue weighted by atomic mass is 9.87. The Morgan fingerprint density at radius 2 is 1.75 bits per heavy atom. The van der Waals surface area contributed by atoms with Gasteiger partial charge in [0.2, 0.25) is 0 Å². The van der Waals surface area contributed by atoms with Gasteiger partial charge in [-0.2, -0.15) is 0 Å². The summed E-state index contributed by atoms with van der Waals surface area (Å²) in [5.41, 5.74) is 1.29. The molecule has 28 heavy (non-hydrogen) atoms. The lowest BCUT2D eigenvalue weighted by Gasteiger charge is -2.19. The molecule has 0 aliphatic rings. The standard InChI is InChI=1S/C20H22N2O6/c1-20(2,3)14-6-8-15(9-7-14)21-18(23)12-28-19(24)13-5-10-17(27-4)16(11-13)22(25)26/h5-11H,12H2,1-4H3,(H,21,23). The van der Waals surface area contributed by atoms with Crippen molar-refractivity contribution in [2.45, 2.75) is 26.2 Å². The molecule has 0 unspecified atom stereocenters. The molecule has 2 aromatic carbocycles. The van der Waals surface area contributed by atoms with Gasteiger partial charge < -0.3 is 14.8 Å². The molecule has 0 aromatic heterocycles. The maximum atomic E-state index is 12.1. The zero-order valence-corrected chi connectivity index (χ0v) is 16.1. The normalized spacial score (nSPS) is 10.9. The molecule has 0 saturated heterocycles. The van der Waals surface area contributed by atoms with Gasteiger partial charge >= 0.3 is 11.7 Å². The molecular formula is C20H22N2O6. The number of ether oxygens (including phenoxy) is 2. The Hall–Kier alpha value is -3.42. The van der Waals surface area contributed by atoms with Crippen molar-refractivity contribution in [3.05, 3.63) is 63.7 Å². The van der Waals surface area contributed by atoms with Gasteiger partial charge in [-0.1, -0.05) is 32.9 Å². The number of carbonyl (C=O) groups excluding carboxylic acids is 2. The van der Waals surface area contributed by atoms with Crippen molar-refractivity contribution in [1.82, 2.24) is 0 Å². The van der Waals surface area contributed by atoms with E-state index in [0.29, 0.717) is 5.69 Å². The molecule has 0 aliphatic carbocycles. The highest BCUT2D eigenvalue weighted by molar-refractivity contribution is 5.95. The highest BCUT2D eigenvalue weighted by Gasteiger charge is 2.19. The number of amides is 1. The minimum absolute atomic E-state index is 0.000947. The fourth-order valence-corrected chi connectivity index (χ4v) is 2.42. The molecule has 1 amide bonds. The Balaban J connectivity index is 1.96. The molecule has 0 saturated carbocycles. The molecule has 0 bridgehead atoms. The van der Waals surface area contributed by atoms with Crippen LogP contribution in [0.25, 0.3) is 0 Å². The van der Waals surface area contributed by atoms with Gasteiger partial charge in [-0.15, -0.1) is 0 Å². The Morgan fingerprint density at radius 1 is 1.11 bits per heavy atom. The van der Waals surface area contributed by atoms with Gasteiger partial charge in [-0.25, -0.2) is 4.79 Å². The van der Waals surface area contributed by atoms with Crippen LogP contribution in [-0.2, 0) is 14.9 Å². The highest BCUT2D eigenvalue weighted by atomic mass is 16.6. The number of hydrogen-bond donors (Lipinski definition) is 1. The molecule has 0 radical (unpaired) electrons. The molecule has 0 atom stereocenters. The van der Waals surface area contributed by atoms with Crippen LogP contribution in [0.15, 0.2) is 42.5 Å². The van der Waals surface area contributed by atoms with Crippen LogP contribution in [0, 0.1) is 10.1 Å². The fraction of sp³-hybridized carbons (Fsp3) is 0.300. The molecule has 0 aliphatic heterocycles. The van der Waals surface area contributed by atoms with Crippen molar-refractivity contribution in [3.63, 3.8) is 0 Å². The summed E-state index contributed by atoms with van der Waals surface area (Å²) >= 11 is 0. The zero-order valence-electron chi connectivity index (χ0n) is 16.1. The molecule has 148 valence electrons. The molecule has 0 heterocycles. The van der Waals surface area contributed by atoms with Crippen LogP contribution in [0.2, 0.25) is 0 Å². The number of hydrogen-bond acceptors (Lipinski definition) is 6. The summed E-state index contributed by atoms with van der Waals surface area (Å²) in [7, 11) is 1.29. The van der Waals surface area contributed by atoms with E-state index >= 15 is 0 Å². The smallest absolute Gasteiger partial charge is 0.338 e. The number of methoxy groups -OCH3 is 1. The summed E-state index contributed by atoms with van der Waals surface area (Å²) in [5, 5.41) is 13.7. The number of anilines is 1. The van der Waals surface area contributed by atoms with Gasteiger partial charge in [0.25, 0.3) is 5.91 Å². The first kappa shape index (κ1) is 20.9. The van der Waals surface area contributed by atoms with E-state index < -0.39 is 23.4 Å². The second-order valence-electron chi connectivity index (χ2n) is 7.10. The molecule has 1 N–H and O–H groups in total. The fourth-order valence-electron chi connectivity index (χ4n) is 2.42. The predicted molar refractivity (Wildman–Crippen MR) is 104 cm³/mol. The van der Waals surface area contributed by atoms with E-state index in [2.05, 4.69) is 26.1 Å². The first-order valence-electron chi connectivity index (χ1n) is 8.52. The van der Waals surface area contributed by atoms with Gasteiger partial charge in [0.1, 0.15) is 0 Å². The third-order valence-electron chi connectivity index (χ3n) is 3.98. The van der Waals surface area contributed by atoms with Gasteiger partial charge in [0.15, 0.2) is 12.4 Å². The van der Waals surface area contributed by atoms with Gasteiger partial charge in [0, 0.05) is 11.8 Å². The minimum Gasteiger partial charge on any atom is -0.490 e. The molecule has 0 fully saturated rings. The number of carbonyl (C=O) groups is 2. The van der Waals surface area contributed by atoms with Gasteiger partial charge in [-0.3, -0.25) is 14.9 Å². The minimum atomic E-state index is -0.844. The Bertz CT molecular complexity index is 885. The van der Waals surface area contributed by atoms with Crippen molar-refractivity contribution in [2.75, 3.05) is 19.0 Å². The van der Waals surface area contributed by atoms with Crippen molar-refractivity contribution in [3.8, 4) is 5.75 Å². The first-order chi connectivity index (χ1) is 13.1. The van der Waals surface area contributed by atoms with Gasteiger partial charge in [-0.05, 0) is 35.2 Å². The largest absolute Gasteiger partial charge is 0.490 e. The number of nitrogens with one attached hydrogen (secondary N) is 1. The molecule has 0 spiro atoms. The van der Waals surface area contributed by atoms with Crippen molar-refractivity contribution in [2.24, 2.45) is 0 Å². The van der Waals surface area contributed by atoms with Crippen LogP contribution in [0.3, 0.4) is 0 Å². The first-order valence-corrected chi connectivity index (χ1v) is 8.52. The second-order valence-corrected chi connectivity index (χ2v) is 7.10. The summed E-state index contributed by atoms with van der Waals surface area (Å²) in [6.45, 7) is 5.75. The summed E-state index contributed by atoms with van der Waals surface area (Å²) in [4.78, 5) is 34.4. The Kier molecular flexibility index (Phi) is 6.35. The lowest BCUT2D eigenvalue weighted by molar-refractivity contribution is -0.385. The number of rotatable bonds is 6. The molecular weight excluding hydrogens is 364 g/mol. The topological polar surface area (TPSA) is 108 Å². The quantitative estimate of drug-likeness (QED) is 0.461. The highest BCUT2D eigenvalue weighted by Crippen LogP contribution is 2.28. The summed E-state index contributed by atoms with van der Waals surface area (Å²) < 4.78 is 9.81. The van der Waals surface area contributed by atoms with Crippen LogP contribution >= 0.6 is 0 Å². The van der Waals surface area contributed by atoms with E-state index in [0.717, 1.165) is 11.6 Å². The van der Waals surface area contributed by atoms with Crippen molar-refractivity contribution >= 4 is 23.3 Å². The van der Waals surface area contributed by atoms with E-state index in [1.54, 1.807) is 12.1 Å². The van der Waals surface area contributed by atoms with Crippen LogP contribution in [0.5, 0.6) is 5.75 Å². The van der Waals surface area contributed by atoms with Crippen LogP contribution in [0.4, 0.5) is 11.4 Å². The average Bonchev–Trinajstić information content (AvgIpc) is 2.65. The number of nitro benzene ring substituents is 1. The molecule has 8 heteroatoms. The third kappa shape index (κ3) is 5.29. The average molecular weight is 386 g/mol. The molecule has 2 rings (SSSR count). The van der Waals surface area contributed by atoms with E-state index in [9.17, 15) is 19.7 Å². The van der Waals surface area contributed by atoms with Crippen LogP contribution < -0.4 is 10.1 Å². The number of benzene rings is 2. The summed E-state index contributed by atoms with van der Waals surface area (Å²) in [6.07, 6.45) is 0. The molecule has 2 aromatic rings. The summed E-state index contributed by atoms with van der Waals surface area (Å²) in [6, 6.07) is 11.0. The van der Waals surface area contributed by atoms with E-state index in [-0.39, 0.29) is 22.4 Å². The van der Waals surface area contributed by atoms with E-state index in [1.165, 1.54) is 19.2 Å².